The number of hydrogen-bond acceptors (Lipinski definition) is 3. The summed E-state index contributed by atoms with van der Waals surface area (Å²) in [6.45, 7) is 6.27. The lowest BCUT2D eigenvalue weighted by Gasteiger charge is -2.08. The summed E-state index contributed by atoms with van der Waals surface area (Å²) in [7, 11) is 0. The third-order valence-corrected chi connectivity index (χ3v) is 3.92. The van der Waals surface area contributed by atoms with Gasteiger partial charge in [0.2, 0.25) is 0 Å². The number of aromatic nitrogens is 4. The van der Waals surface area contributed by atoms with Crippen molar-refractivity contribution in [3.8, 4) is 5.69 Å². The van der Waals surface area contributed by atoms with Crippen molar-refractivity contribution < 1.29 is 0 Å². The molecule has 0 spiro atoms. The molecule has 5 heteroatoms. The molecule has 0 aliphatic heterocycles. The molecule has 0 unspecified atom stereocenters. The molecule has 2 aromatic rings. The van der Waals surface area contributed by atoms with Crippen LogP contribution in [0, 0.1) is 13.8 Å². The standard InChI is InChI=1S/C12H15BrN4/c1-4-5-11-14-15-16-17(11)10-6-8(2)12(13)9(3)7-10/h6-7H,4-5H2,1-3H3. The van der Waals surface area contributed by atoms with Gasteiger partial charge in [0.15, 0.2) is 5.82 Å². The first kappa shape index (κ1) is 12.2. The van der Waals surface area contributed by atoms with Crippen molar-refractivity contribution in [2.75, 3.05) is 0 Å². The average Bonchev–Trinajstić information content (AvgIpc) is 2.74. The molecule has 1 aromatic heterocycles. The Morgan fingerprint density at radius 3 is 2.47 bits per heavy atom. The van der Waals surface area contributed by atoms with Crippen molar-refractivity contribution >= 4 is 15.9 Å². The van der Waals surface area contributed by atoms with Crippen LogP contribution in [0.15, 0.2) is 16.6 Å². The van der Waals surface area contributed by atoms with Crippen molar-refractivity contribution in [2.24, 2.45) is 0 Å². The molecule has 2 rings (SSSR count). The number of benzene rings is 1. The Balaban J connectivity index is 2.49. The van der Waals surface area contributed by atoms with E-state index in [2.05, 4.69) is 64.4 Å². The van der Waals surface area contributed by atoms with Gasteiger partial charge >= 0.3 is 0 Å². The summed E-state index contributed by atoms with van der Waals surface area (Å²) in [5, 5.41) is 11.9. The van der Waals surface area contributed by atoms with E-state index in [1.165, 1.54) is 11.1 Å². The highest BCUT2D eigenvalue weighted by molar-refractivity contribution is 9.10. The highest BCUT2D eigenvalue weighted by atomic mass is 79.9. The Morgan fingerprint density at radius 2 is 1.88 bits per heavy atom. The zero-order chi connectivity index (χ0) is 12.4. The van der Waals surface area contributed by atoms with Gasteiger partial charge in [0.05, 0.1) is 5.69 Å². The molecule has 0 saturated heterocycles. The summed E-state index contributed by atoms with van der Waals surface area (Å²) in [5.41, 5.74) is 3.41. The molecule has 4 nitrogen and oxygen atoms in total. The lowest BCUT2D eigenvalue weighted by atomic mass is 10.1. The summed E-state index contributed by atoms with van der Waals surface area (Å²) < 4.78 is 2.96. The van der Waals surface area contributed by atoms with Crippen molar-refractivity contribution in [2.45, 2.75) is 33.6 Å². The summed E-state index contributed by atoms with van der Waals surface area (Å²) in [6.07, 6.45) is 1.93. The summed E-state index contributed by atoms with van der Waals surface area (Å²) in [4.78, 5) is 0. The van der Waals surface area contributed by atoms with E-state index < -0.39 is 0 Å². The molecule has 0 aliphatic rings. The van der Waals surface area contributed by atoms with Gasteiger partial charge in [-0.05, 0) is 54.0 Å². The van der Waals surface area contributed by atoms with Crippen molar-refractivity contribution in [3.63, 3.8) is 0 Å². The largest absolute Gasteiger partial charge is 0.197 e. The van der Waals surface area contributed by atoms with Crippen LogP contribution in [0.4, 0.5) is 0 Å². The zero-order valence-corrected chi connectivity index (χ0v) is 11.8. The van der Waals surface area contributed by atoms with E-state index in [4.69, 9.17) is 0 Å². The van der Waals surface area contributed by atoms with Crippen LogP contribution in [0.25, 0.3) is 5.69 Å². The molecule has 1 heterocycles. The Kier molecular flexibility index (Phi) is 3.57. The van der Waals surface area contributed by atoms with Crippen molar-refractivity contribution in [1.82, 2.24) is 20.2 Å². The van der Waals surface area contributed by atoms with Gasteiger partial charge in [-0.15, -0.1) is 5.10 Å². The maximum absolute atomic E-state index is 4.06. The van der Waals surface area contributed by atoms with E-state index in [-0.39, 0.29) is 0 Å². The van der Waals surface area contributed by atoms with E-state index in [0.717, 1.165) is 28.8 Å². The number of rotatable bonds is 3. The predicted molar refractivity (Wildman–Crippen MR) is 70.3 cm³/mol. The zero-order valence-electron chi connectivity index (χ0n) is 10.2. The number of halogens is 1. The van der Waals surface area contributed by atoms with Gasteiger partial charge in [0, 0.05) is 10.9 Å². The Bertz CT molecular complexity index is 510. The van der Waals surface area contributed by atoms with Gasteiger partial charge in [0.1, 0.15) is 0 Å². The molecule has 0 bridgehead atoms. The average molecular weight is 295 g/mol. The van der Waals surface area contributed by atoms with Crippen LogP contribution in [-0.4, -0.2) is 20.2 Å². The van der Waals surface area contributed by atoms with Gasteiger partial charge in [0.25, 0.3) is 0 Å². The minimum atomic E-state index is 0.890. The van der Waals surface area contributed by atoms with Gasteiger partial charge < -0.3 is 0 Å². The number of hydrogen-bond donors (Lipinski definition) is 0. The molecular weight excluding hydrogens is 280 g/mol. The fourth-order valence-corrected chi connectivity index (χ4v) is 2.06. The molecule has 0 radical (unpaired) electrons. The fourth-order valence-electron chi connectivity index (χ4n) is 1.83. The topological polar surface area (TPSA) is 43.6 Å². The minimum Gasteiger partial charge on any atom is -0.197 e. The first-order chi connectivity index (χ1) is 8.13. The van der Waals surface area contributed by atoms with E-state index in [1.54, 1.807) is 0 Å². The summed E-state index contributed by atoms with van der Waals surface area (Å²) in [6, 6.07) is 4.18. The van der Waals surface area contributed by atoms with Crippen LogP contribution < -0.4 is 0 Å². The van der Waals surface area contributed by atoms with Crippen LogP contribution >= 0.6 is 15.9 Å². The van der Waals surface area contributed by atoms with Crippen LogP contribution in [0.1, 0.15) is 30.3 Å². The van der Waals surface area contributed by atoms with Crippen LogP contribution in [0.2, 0.25) is 0 Å². The fraction of sp³-hybridized carbons (Fsp3) is 0.417. The van der Waals surface area contributed by atoms with Crippen molar-refractivity contribution in [1.29, 1.82) is 0 Å². The van der Waals surface area contributed by atoms with E-state index in [1.807, 2.05) is 4.68 Å². The second kappa shape index (κ2) is 4.96. The minimum absolute atomic E-state index is 0.890. The van der Waals surface area contributed by atoms with Crippen LogP contribution in [0.5, 0.6) is 0 Å². The molecule has 17 heavy (non-hydrogen) atoms. The third kappa shape index (κ3) is 2.39. The molecule has 0 N–H and O–H groups in total. The predicted octanol–water partition coefficient (Wildman–Crippen LogP) is 2.99. The molecule has 0 aliphatic carbocycles. The molecule has 0 saturated carbocycles. The maximum Gasteiger partial charge on any atom is 0.156 e. The molecule has 0 fully saturated rings. The summed E-state index contributed by atoms with van der Waals surface area (Å²) in [5.74, 6) is 0.911. The monoisotopic (exact) mass is 294 g/mol. The molecular formula is C12H15BrN4. The van der Waals surface area contributed by atoms with Gasteiger partial charge in [-0.3, -0.25) is 0 Å². The SMILES string of the molecule is CCCc1nnnn1-c1cc(C)c(Br)c(C)c1. The summed E-state index contributed by atoms with van der Waals surface area (Å²) >= 11 is 3.56. The highest BCUT2D eigenvalue weighted by Gasteiger charge is 2.09. The molecule has 0 atom stereocenters. The van der Waals surface area contributed by atoms with Crippen LogP contribution in [-0.2, 0) is 6.42 Å². The smallest absolute Gasteiger partial charge is 0.156 e. The lowest BCUT2D eigenvalue weighted by molar-refractivity contribution is 0.744. The Hall–Kier alpha value is -1.23. The van der Waals surface area contributed by atoms with E-state index in [0.29, 0.717) is 0 Å². The van der Waals surface area contributed by atoms with E-state index in [9.17, 15) is 0 Å². The van der Waals surface area contributed by atoms with Crippen molar-refractivity contribution in [3.05, 3.63) is 33.6 Å². The quantitative estimate of drug-likeness (QED) is 0.874. The second-order valence-corrected chi connectivity index (χ2v) is 4.94. The molecule has 1 aromatic carbocycles. The second-order valence-electron chi connectivity index (χ2n) is 4.15. The van der Waals surface area contributed by atoms with Gasteiger partial charge in [-0.1, -0.05) is 22.9 Å². The third-order valence-electron chi connectivity index (χ3n) is 2.67. The molecule has 0 amide bonds. The number of aryl methyl sites for hydroxylation is 3. The van der Waals surface area contributed by atoms with Gasteiger partial charge in [-0.25, -0.2) is 0 Å². The van der Waals surface area contributed by atoms with Gasteiger partial charge in [-0.2, -0.15) is 4.68 Å². The first-order valence-electron chi connectivity index (χ1n) is 5.68. The normalized spacial score (nSPS) is 10.8. The Labute approximate surface area is 109 Å². The number of nitrogens with zero attached hydrogens (tertiary/aromatic N) is 4. The Morgan fingerprint density at radius 1 is 1.24 bits per heavy atom. The van der Waals surface area contributed by atoms with Crippen LogP contribution in [0.3, 0.4) is 0 Å². The maximum atomic E-state index is 4.06. The van der Waals surface area contributed by atoms with E-state index >= 15 is 0 Å². The lowest BCUT2D eigenvalue weighted by Crippen LogP contribution is -2.04. The highest BCUT2D eigenvalue weighted by Crippen LogP contribution is 2.24. The molecule has 90 valence electrons. The number of tetrazole rings is 1. The first-order valence-corrected chi connectivity index (χ1v) is 6.47.